The highest BCUT2D eigenvalue weighted by Crippen LogP contribution is 2.31. The van der Waals surface area contributed by atoms with E-state index in [1.807, 2.05) is 7.11 Å². The third-order valence-electron chi connectivity index (χ3n) is 5.62. The Hall–Kier alpha value is -0.160. The highest BCUT2D eigenvalue weighted by atomic mass is 16.5. The maximum absolute atomic E-state index is 5.75. The monoisotopic (exact) mass is 282 g/mol. The predicted molar refractivity (Wildman–Crippen MR) is 79.9 cm³/mol. The second kappa shape index (κ2) is 6.73. The van der Waals surface area contributed by atoms with Crippen molar-refractivity contribution in [1.29, 1.82) is 0 Å². The number of nitrogens with one attached hydrogen (secondary N) is 2. The van der Waals surface area contributed by atoms with Crippen LogP contribution in [0.3, 0.4) is 0 Å². The molecule has 0 spiro atoms. The van der Waals surface area contributed by atoms with Crippen LogP contribution < -0.4 is 10.6 Å². The first-order valence-electron chi connectivity index (χ1n) is 8.43. The molecular weight excluding hydrogens is 252 g/mol. The standard InChI is InChI=1S/C16H30N2O2/c1-19-16(8-10-20-12-16)11-18-15-6-3-2-5-13(15)14-7-4-9-17-14/h13-15,17-18H,2-12H2,1H3. The molecule has 4 unspecified atom stereocenters. The van der Waals surface area contributed by atoms with Gasteiger partial charge < -0.3 is 20.1 Å². The van der Waals surface area contributed by atoms with Gasteiger partial charge in [0, 0.05) is 38.8 Å². The molecule has 2 heterocycles. The van der Waals surface area contributed by atoms with Crippen molar-refractivity contribution in [2.45, 2.75) is 62.6 Å². The van der Waals surface area contributed by atoms with Crippen LogP contribution in [0.1, 0.15) is 44.9 Å². The highest BCUT2D eigenvalue weighted by molar-refractivity contribution is 4.94. The molecule has 2 saturated heterocycles. The fourth-order valence-corrected chi connectivity index (χ4v) is 4.25. The first-order valence-corrected chi connectivity index (χ1v) is 8.43. The fraction of sp³-hybridized carbons (Fsp3) is 1.00. The Kier molecular flexibility index (Phi) is 4.97. The van der Waals surface area contributed by atoms with Crippen LogP contribution in [0.25, 0.3) is 0 Å². The van der Waals surface area contributed by atoms with E-state index in [4.69, 9.17) is 9.47 Å². The summed E-state index contributed by atoms with van der Waals surface area (Å²) in [5.74, 6) is 0.808. The average Bonchev–Trinajstić information content (AvgIpc) is 3.18. The van der Waals surface area contributed by atoms with Gasteiger partial charge in [0.2, 0.25) is 0 Å². The maximum atomic E-state index is 5.75. The molecular formula is C16H30N2O2. The molecule has 20 heavy (non-hydrogen) atoms. The topological polar surface area (TPSA) is 42.5 Å². The second-order valence-corrected chi connectivity index (χ2v) is 6.83. The first-order chi connectivity index (χ1) is 9.83. The molecule has 3 fully saturated rings. The summed E-state index contributed by atoms with van der Waals surface area (Å²) < 4.78 is 11.3. The number of hydrogen-bond donors (Lipinski definition) is 2. The van der Waals surface area contributed by atoms with Crippen molar-refractivity contribution in [3.63, 3.8) is 0 Å². The molecule has 3 aliphatic rings. The van der Waals surface area contributed by atoms with Crippen LogP contribution in [0, 0.1) is 5.92 Å². The zero-order valence-corrected chi connectivity index (χ0v) is 12.8. The lowest BCUT2D eigenvalue weighted by Crippen LogP contribution is -2.52. The molecule has 4 atom stereocenters. The molecule has 0 amide bonds. The molecule has 0 radical (unpaired) electrons. The summed E-state index contributed by atoms with van der Waals surface area (Å²) in [6, 6.07) is 1.40. The number of ether oxygens (including phenoxy) is 2. The van der Waals surface area contributed by atoms with Gasteiger partial charge in [-0.3, -0.25) is 0 Å². The molecule has 0 bridgehead atoms. The van der Waals surface area contributed by atoms with Gasteiger partial charge in [-0.2, -0.15) is 0 Å². The molecule has 2 N–H and O–H groups in total. The van der Waals surface area contributed by atoms with Gasteiger partial charge in [-0.1, -0.05) is 12.8 Å². The Balaban J connectivity index is 1.56. The van der Waals surface area contributed by atoms with Crippen molar-refractivity contribution >= 4 is 0 Å². The van der Waals surface area contributed by atoms with E-state index in [9.17, 15) is 0 Å². The molecule has 0 aromatic rings. The molecule has 3 rings (SSSR count). The summed E-state index contributed by atoms with van der Waals surface area (Å²) in [5.41, 5.74) is -0.0783. The van der Waals surface area contributed by atoms with Gasteiger partial charge in [0.1, 0.15) is 5.60 Å². The van der Waals surface area contributed by atoms with E-state index >= 15 is 0 Å². The Bertz CT molecular complexity index is 299. The molecule has 4 nitrogen and oxygen atoms in total. The van der Waals surface area contributed by atoms with Crippen LogP contribution in [-0.4, -0.2) is 51.1 Å². The van der Waals surface area contributed by atoms with Crippen molar-refractivity contribution in [3.05, 3.63) is 0 Å². The van der Waals surface area contributed by atoms with Crippen molar-refractivity contribution in [2.24, 2.45) is 5.92 Å². The van der Waals surface area contributed by atoms with Crippen LogP contribution in [0.15, 0.2) is 0 Å². The normalized spacial score (nSPS) is 42.1. The van der Waals surface area contributed by atoms with E-state index < -0.39 is 0 Å². The van der Waals surface area contributed by atoms with Crippen molar-refractivity contribution in [3.8, 4) is 0 Å². The summed E-state index contributed by atoms with van der Waals surface area (Å²) in [6.07, 6.45) is 9.22. The van der Waals surface area contributed by atoms with Gasteiger partial charge in [0.25, 0.3) is 0 Å². The van der Waals surface area contributed by atoms with E-state index in [1.165, 1.54) is 45.1 Å². The zero-order valence-electron chi connectivity index (χ0n) is 12.8. The fourth-order valence-electron chi connectivity index (χ4n) is 4.25. The van der Waals surface area contributed by atoms with Crippen molar-refractivity contribution in [1.82, 2.24) is 10.6 Å². The Morgan fingerprint density at radius 1 is 1.25 bits per heavy atom. The van der Waals surface area contributed by atoms with Crippen molar-refractivity contribution in [2.75, 3.05) is 33.4 Å². The molecule has 0 aromatic heterocycles. The van der Waals surface area contributed by atoms with Gasteiger partial charge in [-0.25, -0.2) is 0 Å². The van der Waals surface area contributed by atoms with Gasteiger partial charge in [0.15, 0.2) is 0 Å². The molecule has 1 saturated carbocycles. The lowest BCUT2D eigenvalue weighted by Gasteiger charge is -2.38. The number of methoxy groups -OCH3 is 1. The molecule has 1 aliphatic carbocycles. The van der Waals surface area contributed by atoms with Gasteiger partial charge in [-0.05, 0) is 38.1 Å². The Morgan fingerprint density at radius 2 is 2.15 bits per heavy atom. The van der Waals surface area contributed by atoms with Gasteiger partial charge in [0.05, 0.1) is 6.61 Å². The van der Waals surface area contributed by atoms with E-state index in [-0.39, 0.29) is 5.60 Å². The summed E-state index contributed by atoms with van der Waals surface area (Å²) in [5, 5.41) is 7.55. The molecule has 116 valence electrons. The van der Waals surface area contributed by atoms with Crippen LogP contribution in [0.2, 0.25) is 0 Å². The minimum Gasteiger partial charge on any atom is -0.378 e. The quantitative estimate of drug-likeness (QED) is 0.805. The lowest BCUT2D eigenvalue weighted by molar-refractivity contribution is -0.0201. The van der Waals surface area contributed by atoms with Gasteiger partial charge >= 0.3 is 0 Å². The van der Waals surface area contributed by atoms with Gasteiger partial charge in [-0.15, -0.1) is 0 Å². The minimum absolute atomic E-state index is 0.0783. The molecule has 0 aromatic carbocycles. The van der Waals surface area contributed by atoms with Crippen LogP contribution >= 0.6 is 0 Å². The summed E-state index contributed by atoms with van der Waals surface area (Å²) in [4.78, 5) is 0. The van der Waals surface area contributed by atoms with Crippen LogP contribution in [-0.2, 0) is 9.47 Å². The second-order valence-electron chi connectivity index (χ2n) is 6.83. The average molecular weight is 282 g/mol. The third kappa shape index (κ3) is 3.19. The SMILES string of the molecule is COC1(CNC2CCCCC2C2CCCN2)CCOC1. The van der Waals surface area contributed by atoms with E-state index in [0.717, 1.165) is 38.1 Å². The number of rotatable bonds is 5. The molecule has 4 heteroatoms. The van der Waals surface area contributed by atoms with E-state index in [0.29, 0.717) is 6.04 Å². The summed E-state index contributed by atoms with van der Waals surface area (Å²) >= 11 is 0. The maximum Gasteiger partial charge on any atom is 0.106 e. The Morgan fingerprint density at radius 3 is 2.85 bits per heavy atom. The third-order valence-corrected chi connectivity index (χ3v) is 5.62. The lowest BCUT2D eigenvalue weighted by atomic mass is 9.79. The first kappa shape index (κ1) is 14.8. The molecule has 2 aliphatic heterocycles. The smallest absolute Gasteiger partial charge is 0.106 e. The predicted octanol–water partition coefficient (Wildman–Crippen LogP) is 1.69. The summed E-state index contributed by atoms with van der Waals surface area (Å²) in [6.45, 7) is 3.74. The summed E-state index contributed by atoms with van der Waals surface area (Å²) in [7, 11) is 1.83. The number of hydrogen-bond acceptors (Lipinski definition) is 4. The van der Waals surface area contributed by atoms with E-state index in [2.05, 4.69) is 10.6 Å². The zero-order chi connectivity index (χ0) is 13.8. The largest absolute Gasteiger partial charge is 0.378 e. The van der Waals surface area contributed by atoms with E-state index in [1.54, 1.807) is 0 Å². The van der Waals surface area contributed by atoms with Crippen LogP contribution in [0.4, 0.5) is 0 Å². The minimum atomic E-state index is -0.0783. The van der Waals surface area contributed by atoms with Crippen LogP contribution in [0.5, 0.6) is 0 Å². The highest BCUT2D eigenvalue weighted by Gasteiger charge is 2.38. The Labute approximate surface area is 123 Å². The van der Waals surface area contributed by atoms with Crippen molar-refractivity contribution < 1.29 is 9.47 Å².